The van der Waals surface area contributed by atoms with Crippen LogP contribution < -0.4 is 5.32 Å². The number of amides is 1. The molecule has 0 bridgehead atoms. The smallest absolute Gasteiger partial charge is 0.276 e. The number of piperidine rings is 1. The summed E-state index contributed by atoms with van der Waals surface area (Å²) in [5, 5.41) is 7.14. The largest absolute Gasteiger partial charge is 0.364 e. The Kier molecular flexibility index (Phi) is 4.14. The van der Waals surface area contributed by atoms with Gasteiger partial charge in [0.25, 0.3) is 5.91 Å². The van der Waals surface area contributed by atoms with E-state index in [1.54, 1.807) is 6.07 Å². The molecule has 2 rings (SSSR count). The lowest BCUT2D eigenvalue weighted by Crippen LogP contribution is -2.45. The summed E-state index contributed by atoms with van der Waals surface area (Å²) < 4.78 is 4.71. The number of hydrogen-bond donors (Lipinski definition) is 1. The molecule has 0 saturated carbocycles. The number of carbonyl (C=O) groups is 1. The number of rotatable bonds is 4. The molecule has 1 unspecified atom stereocenters. The van der Waals surface area contributed by atoms with Gasteiger partial charge in [-0.3, -0.25) is 4.79 Å². The molecule has 1 fully saturated rings. The maximum absolute atomic E-state index is 12.1. The Morgan fingerprint density at radius 2 is 2.53 bits per heavy atom. The quantitative estimate of drug-likeness (QED) is 0.857. The van der Waals surface area contributed by atoms with Crippen molar-refractivity contribution in [2.75, 3.05) is 19.6 Å². The van der Waals surface area contributed by atoms with E-state index in [-0.39, 0.29) is 5.91 Å². The molecule has 1 aliphatic rings. The van der Waals surface area contributed by atoms with Crippen LogP contribution in [0.4, 0.5) is 0 Å². The Labute approximate surface area is 101 Å². The second-order valence-electron chi connectivity index (χ2n) is 4.38. The molecule has 5 nitrogen and oxygen atoms in total. The fourth-order valence-electron chi connectivity index (χ4n) is 2.19. The van der Waals surface area contributed by atoms with Crippen molar-refractivity contribution in [2.45, 2.75) is 32.2 Å². The highest BCUT2D eigenvalue weighted by Gasteiger charge is 2.21. The molecule has 1 amide bonds. The normalized spacial score (nSPS) is 20.2. The van der Waals surface area contributed by atoms with Crippen LogP contribution in [-0.4, -0.2) is 41.6 Å². The van der Waals surface area contributed by atoms with Gasteiger partial charge in [-0.1, -0.05) is 11.6 Å². The summed E-state index contributed by atoms with van der Waals surface area (Å²) in [4.78, 5) is 13.9. The highest BCUT2D eigenvalue weighted by atomic mass is 16.5. The summed E-state index contributed by atoms with van der Waals surface area (Å²) in [6.45, 7) is 4.49. The molecule has 1 atom stereocenters. The first-order chi connectivity index (χ1) is 8.31. The molecule has 5 heteroatoms. The van der Waals surface area contributed by atoms with E-state index in [0.29, 0.717) is 18.3 Å². The number of aromatic nitrogens is 1. The zero-order chi connectivity index (χ0) is 12.1. The molecule has 1 aromatic heterocycles. The average Bonchev–Trinajstić information content (AvgIpc) is 2.90. The van der Waals surface area contributed by atoms with Crippen LogP contribution in [0, 0.1) is 0 Å². The minimum absolute atomic E-state index is 0.0476. The van der Waals surface area contributed by atoms with Crippen LogP contribution in [0.5, 0.6) is 0 Å². The number of nitrogens with zero attached hydrogens (tertiary/aromatic N) is 2. The van der Waals surface area contributed by atoms with E-state index in [1.807, 2.05) is 11.8 Å². The molecule has 0 aromatic carbocycles. The van der Waals surface area contributed by atoms with Crippen molar-refractivity contribution in [3.05, 3.63) is 18.0 Å². The van der Waals surface area contributed by atoms with Crippen molar-refractivity contribution in [1.29, 1.82) is 0 Å². The summed E-state index contributed by atoms with van der Waals surface area (Å²) in [6, 6.07) is 2.03. The molecule has 0 aliphatic carbocycles. The van der Waals surface area contributed by atoms with Gasteiger partial charge in [0.1, 0.15) is 6.26 Å². The first kappa shape index (κ1) is 12.1. The molecule has 94 valence electrons. The van der Waals surface area contributed by atoms with E-state index in [2.05, 4.69) is 10.5 Å². The minimum atomic E-state index is -0.0476. The third kappa shape index (κ3) is 3.06. The Bertz CT molecular complexity index is 345. The van der Waals surface area contributed by atoms with Crippen LogP contribution in [0.1, 0.15) is 36.7 Å². The topological polar surface area (TPSA) is 58.4 Å². The third-order valence-corrected chi connectivity index (χ3v) is 3.18. The van der Waals surface area contributed by atoms with E-state index >= 15 is 0 Å². The molecule has 1 aliphatic heterocycles. The maximum Gasteiger partial charge on any atom is 0.276 e. The Morgan fingerprint density at radius 1 is 1.65 bits per heavy atom. The predicted molar refractivity (Wildman–Crippen MR) is 63.7 cm³/mol. The van der Waals surface area contributed by atoms with Crippen molar-refractivity contribution in [2.24, 2.45) is 0 Å². The summed E-state index contributed by atoms with van der Waals surface area (Å²) in [5.74, 6) is -0.0476. The fraction of sp³-hybridized carbons (Fsp3) is 0.667. The third-order valence-electron chi connectivity index (χ3n) is 3.18. The van der Waals surface area contributed by atoms with Gasteiger partial charge in [0.15, 0.2) is 5.69 Å². The van der Waals surface area contributed by atoms with E-state index in [9.17, 15) is 4.79 Å². The van der Waals surface area contributed by atoms with Gasteiger partial charge in [-0.05, 0) is 26.3 Å². The van der Waals surface area contributed by atoms with Gasteiger partial charge in [0.05, 0.1) is 0 Å². The van der Waals surface area contributed by atoms with E-state index in [1.165, 1.54) is 19.1 Å². The standard InChI is InChI=1S/C12H19N3O2/c1-2-15(9-10-5-3-4-7-13-10)12(16)11-6-8-17-14-11/h6,8,10,13H,2-5,7,9H2,1H3. The maximum atomic E-state index is 12.1. The zero-order valence-corrected chi connectivity index (χ0v) is 10.2. The molecule has 0 radical (unpaired) electrons. The SMILES string of the molecule is CCN(CC1CCCCN1)C(=O)c1ccon1. The lowest BCUT2D eigenvalue weighted by Gasteiger charge is -2.29. The molecule has 2 heterocycles. The first-order valence-corrected chi connectivity index (χ1v) is 6.24. The second-order valence-corrected chi connectivity index (χ2v) is 4.38. The number of hydrogen-bond acceptors (Lipinski definition) is 4. The molecular formula is C12H19N3O2. The van der Waals surface area contributed by atoms with Gasteiger partial charge in [0, 0.05) is 25.2 Å². The van der Waals surface area contributed by atoms with Crippen LogP contribution in [0.25, 0.3) is 0 Å². The summed E-state index contributed by atoms with van der Waals surface area (Å²) in [7, 11) is 0. The van der Waals surface area contributed by atoms with Gasteiger partial charge in [-0.15, -0.1) is 0 Å². The van der Waals surface area contributed by atoms with E-state index in [0.717, 1.165) is 19.5 Å². The van der Waals surface area contributed by atoms with Crippen LogP contribution in [0.2, 0.25) is 0 Å². The van der Waals surface area contributed by atoms with Gasteiger partial charge >= 0.3 is 0 Å². The Balaban J connectivity index is 1.93. The predicted octanol–water partition coefficient (Wildman–Crippen LogP) is 1.28. The molecular weight excluding hydrogens is 218 g/mol. The molecule has 1 aromatic rings. The molecule has 1 saturated heterocycles. The highest BCUT2D eigenvalue weighted by molar-refractivity contribution is 5.92. The Morgan fingerprint density at radius 3 is 3.12 bits per heavy atom. The lowest BCUT2D eigenvalue weighted by molar-refractivity contribution is 0.0731. The molecule has 1 N–H and O–H groups in total. The highest BCUT2D eigenvalue weighted by Crippen LogP contribution is 2.10. The summed E-state index contributed by atoms with van der Waals surface area (Å²) >= 11 is 0. The van der Waals surface area contributed by atoms with Crippen LogP contribution in [-0.2, 0) is 0 Å². The monoisotopic (exact) mass is 237 g/mol. The van der Waals surface area contributed by atoms with Crippen molar-refractivity contribution < 1.29 is 9.32 Å². The minimum Gasteiger partial charge on any atom is -0.364 e. The van der Waals surface area contributed by atoms with Crippen LogP contribution >= 0.6 is 0 Å². The van der Waals surface area contributed by atoms with Crippen molar-refractivity contribution in [1.82, 2.24) is 15.4 Å². The zero-order valence-electron chi connectivity index (χ0n) is 10.2. The molecule has 0 spiro atoms. The van der Waals surface area contributed by atoms with Gasteiger partial charge < -0.3 is 14.7 Å². The van der Waals surface area contributed by atoms with Gasteiger partial charge in [-0.25, -0.2) is 0 Å². The van der Waals surface area contributed by atoms with Crippen molar-refractivity contribution >= 4 is 5.91 Å². The van der Waals surface area contributed by atoms with Gasteiger partial charge in [0.2, 0.25) is 0 Å². The van der Waals surface area contributed by atoms with E-state index < -0.39 is 0 Å². The van der Waals surface area contributed by atoms with Crippen LogP contribution in [0.3, 0.4) is 0 Å². The van der Waals surface area contributed by atoms with Crippen molar-refractivity contribution in [3.8, 4) is 0 Å². The summed E-state index contributed by atoms with van der Waals surface area (Å²) in [6.07, 6.45) is 5.05. The number of carbonyl (C=O) groups excluding carboxylic acids is 1. The fourth-order valence-corrected chi connectivity index (χ4v) is 2.19. The second kappa shape index (κ2) is 5.82. The van der Waals surface area contributed by atoms with Crippen molar-refractivity contribution in [3.63, 3.8) is 0 Å². The average molecular weight is 237 g/mol. The lowest BCUT2D eigenvalue weighted by atomic mass is 10.0. The van der Waals surface area contributed by atoms with Crippen LogP contribution in [0.15, 0.2) is 16.9 Å². The number of likely N-dealkylation sites (N-methyl/N-ethyl adjacent to an activating group) is 1. The molecule has 17 heavy (non-hydrogen) atoms. The summed E-state index contributed by atoms with van der Waals surface area (Å²) in [5.41, 5.74) is 0.391. The Hall–Kier alpha value is -1.36. The first-order valence-electron chi connectivity index (χ1n) is 6.24. The number of nitrogens with one attached hydrogen (secondary N) is 1. The van der Waals surface area contributed by atoms with E-state index in [4.69, 9.17) is 4.52 Å². The van der Waals surface area contributed by atoms with Gasteiger partial charge in [-0.2, -0.15) is 0 Å².